The van der Waals surface area contributed by atoms with Crippen LogP contribution in [-0.4, -0.2) is 74.8 Å². The Morgan fingerprint density at radius 3 is 2.40 bits per heavy atom. The van der Waals surface area contributed by atoms with E-state index in [4.69, 9.17) is 33.2 Å². The average Bonchev–Trinajstić information content (AvgIpc) is 3.23. The van der Waals surface area contributed by atoms with Crippen LogP contribution in [0.2, 0.25) is 0 Å². The van der Waals surface area contributed by atoms with Crippen LogP contribution in [0.5, 0.6) is 5.75 Å². The van der Waals surface area contributed by atoms with Crippen molar-refractivity contribution in [2.24, 2.45) is 5.92 Å². The lowest BCUT2D eigenvalue weighted by Gasteiger charge is -2.34. The summed E-state index contributed by atoms with van der Waals surface area (Å²) in [5, 5.41) is 10.0. The maximum Gasteiger partial charge on any atom is 0.158 e. The van der Waals surface area contributed by atoms with Crippen molar-refractivity contribution in [3.8, 4) is 5.75 Å². The van der Waals surface area contributed by atoms with Crippen molar-refractivity contribution in [3.63, 3.8) is 0 Å². The molecule has 1 N–H and O–H groups in total. The molecular weight excluding hydrogens is 452 g/mol. The molecular formula is C27H40O8. The molecule has 4 fully saturated rings. The van der Waals surface area contributed by atoms with Gasteiger partial charge in [0.2, 0.25) is 0 Å². The summed E-state index contributed by atoms with van der Waals surface area (Å²) >= 11 is 0. The van der Waals surface area contributed by atoms with Gasteiger partial charge in [0.1, 0.15) is 18.5 Å². The smallest absolute Gasteiger partial charge is 0.158 e. The highest BCUT2D eigenvalue weighted by Crippen LogP contribution is 2.41. The molecule has 3 aliphatic heterocycles. The van der Waals surface area contributed by atoms with Crippen molar-refractivity contribution in [3.05, 3.63) is 30.3 Å². The van der Waals surface area contributed by atoms with E-state index < -0.39 is 6.29 Å². The number of ether oxygens (including phenoxy) is 7. The molecule has 8 heteroatoms. The summed E-state index contributed by atoms with van der Waals surface area (Å²) in [5.41, 5.74) is 0. The number of aliphatic hydroxyl groups is 1. The predicted octanol–water partition coefficient (Wildman–Crippen LogP) is 3.79. The minimum atomic E-state index is -0.708. The summed E-state index contributed by atoms with van der Waals surface area (Å²) in [6.07, 6.45) is 6.52. The van der Waals surface area contributed by atoms with E-state index in [1.54, 1.807) is 0 Å². The molecule has 8 atom stereocenters. The number of fused-ring (bicyclic) bond motifs is 1. The second-order valence-electron chi connectivity index (χ2n) is 10.1. The summed E-state index contributed by atoms with van der Waals surface area (Å²) in [5.74, 6) is 0.977. The molecule has 4 unspecified atom stereocenters. The molecule has 0 radical (unpaired) electrons. The molecule has 35 heavy (non-hydrogen) atoms. The zero-order valence-corrected chi connectivity index (χ0v) is 20.5. The van der Waals surface area contributed by atoms with Crippen LogP contribution in [-0.2, 0) is 28.4 Å². The summed E-state index contributed by atoms with van der Waals surface area (Å²) in [6, 6.07) is 9.76. The van der Waals surface area contributed by atoms with E-state index in [0.717, 1.165) is 63.9 Å². The van der Waals surface area contributed by atoms with Crippen LogP contribution >= 0.6 is 0 Å². The van der Waals surface area contributed by atoms with Gasteiger partial charge < -0.3 is 38.3 Å². The van der Waals surface area contributed by atoms with Crippen molar-refractivity contribution in [2.75, 3.05) is 26.4 Å². The van der Waals surface area contributed by atoms with E-state index in [2.05, 4.69) is 0 Å². The van der Waals surface area contributed by atoms with Crippen LogP contribution in [0, 0.1) is 5.92 Å². The van der Waals surface area contributed by atoms with Crippen LogP contribution in [0.1, 0.15) is 57.8 Å². The highest BCUT2D eigenvalue weighted by atomic mass is 16.7. The van der Waals surface area contributed by atoms with Gasteiger partial charge in [-0.2, -0.15) is 0 Å². The second kappa shape index (κ2) is 12.8. The molecule has 4 aliphatic rings. The minimum absolute atomic E-state index is 0.0704. The van der Waals surface area contributed by atoms with Gasteiger partial charge in [0.25, 0.3) is 0 Å². The van der Waals surface area contributed by atoms with E-state index >= 15 is 0 Å². The van der Waals surface area contributed by atoms with Gasteiger partial charge in [-0.3, -0.25) is 0 Å². The number of para-hydroxylation sites is 1. The van der Waals surface area contributed by atoms with E-state index in [1.807, 2.05) is 30.3 Å². The maximum atomic E-state index is 10.0. The first-order chi connectivity index (χ1) is 17.2. The van der Waals surface area contributed by atoms with E-state index in [-0.39, 0.29) is 42.9 Å². The van der Waals surface area contributed by atoms with Crippen LogP contribution in [0.4, 0.5) is 0 Å². The SMILES string of the molecule is OC1CC[C@H]2[C@H](OCC(COc3ccccc3)OC3CCCCO3)[C@@H](OC3CCCCO3)C[C@H]2O1. The number of benzene rings is 1. The molecule has 8 nitrogen and oxygen atoms in total. The third kappa shape index (κ3) is 7.16. The zero-order chi connectivity index (χ0) is 23.9. The molecule has 5 rings (SSSR count). The number of aliphatic hydroxyl groups excluding tert-OH is 1. The second-order valence-corrected chi connectivity index (χ2v) is 10.1. The van der Waals surface area contributed by atoms with Crippen LogP contribution < -0.4 is 4.74 Å². The minimum Gasteiger partial charge on any atom is -0.491 e. The Bertz CT molecular complexity index is 736. The van der Waals surface area contributed by atoms with E-state index in [9.17, 15) is 5.11 Å². The van der Waals surface area contributed by atoms with Gasteiger partial charge in [-0.25, -0.2) is 0 Å². The van der Waals surface area contributed by atoms with Crippen LogP contribution in [0.15, 0.2) is 30.3 Å². The van der Waals surface area contributed by atoms with Crippen molar-refractivity contribution in [2.45, 2.75) is 101 Å². The van der Waals surface area contributed by atoms with Gasteiger partial charge in [0.15, 0.2) is 18.9 Å². The first-order valence-electron chi connectivity index (χ1n) is 13.4. The topological polar surface area (TPSA) is 84.8 Å². The van der Waals surface area contributed by atoms with Crippen LogP contribution in [0.25, 0.3) is 0 Å². The first kappa shape index (κ1) is 25.4. The molecule has 0 aromatic heterocycles. The van der Waals surface area contributed by atoms with Gasteiger partial charge in [-0.1, -0.05) is 18.2 Å². The molecule has 1 aliphatic carbocycles. The summed E-state index contributed by atoms with van der Waals surface area (Å²) < 4.78 is 42.8. The molecule has 0 spiro atoms. The first-order valence-corrected chi connectivity index (χ1v) is 13.4. The lowest BCUT2D eigenvalue weighted by atomic mass is 9.94. The Balaban J connectivity index is 1.22. The molecule has 0 amide bonds. The Hall–Kier alpha value is -1.26. The van der Waals surface area contributed by atoms with Crippen molar-refractivity contribution in [1.82, 2.24) is 0 Å². The summed E-state index contributed by atoms with van der Waals surface area (Å²) in [7, 11) is 0. The molecule has 3 heterocycles. The fourth-order valence-corrected chi connectivity index (χ4v) is 5.60. The number of rotatable bonds is 10. The van der Waals surface area contributed by atoms with Crippen molar-refractivity contribution < 1.29 is 38.3 Å². The van der Waals surface area contributed by atoms with Gasteiger partial charge in [-0.05, 0) is 63.5 Å². The maximum absolute atomic E-state index is 10.0. The molecule has 3 saturated heterocycles. The third-order valence-electron chi connectivity index (χ3n) is 7.41. The normalized spacial score (nSPS) is 36.4. The van der Waals surface area contributed by atoms with Gasteiger partial charge in [0, 0.05) is 25.6 Å². The van der Waals surface area contributed by atoms with Crippen molar-refractivity contribution in [1.29, 1.82) is 0 Å². The van der Waals surface area contributed by atoms with Gasteiger partial charge in [-0.15, -0.1) is 0 Å². The van der Waals surface area contributed by atoms with Crippen molar-refractivity contribution >= 4 is 0 Å². The Kier molecular flexibility index (Phi) is 9.29. The van der Waals surface area contributed by atoms with Gasteiger partial charge >= 0.3 is 0 Å². The van der Waals surface area contributed by atoms with E-state index in [0.29, 0.717) is 26.1 Å². The monoisotopic (exact) mass is 492 g/mol. The molecule has 196 valence electrons. The summed E-state index contributed by atoms with van der Waals surface area (Å²) in [4.78, 5) is 0. The fraction of sp³-hybridized carbons (Fsp3) is 0.778. The quantitative estimate of drug-likeness (QED) is 0.528. The van der Waals surface area contributed by atoms with Gasteiger partial charge in [0.05, 0.1) is 24.9 Å². The zero-order valence-electron chi connectivity index (χ0n) is 20.5. The molecule has 0 bridgehead atoms. The average molecular weight is 493 g/mol. The van der Waals surface area contributed by atoms with E-state index in [1.165, 1.54) is 0 Å². The largest absolute Gasteiger partial charge is 0.491 e. The molecule has 1 aromatic rings. The molecule has 1 saturated carbocycles. The highest BCUT2D eigenvalue weighted by molar-refractivity contribution is 5.20. The standard InChI is InChI=1S/C27H40O8/c28-24-13-12-21-22(34-24)16-23(35-26-11-5-7-15-30-26)27(21)32-18-20(33-25-10-4-6-14-29-25)17-31-19-8-2-1-3-9-19/h1-3,8-9,20-28H,4-7,10-18H2/t20?,21-,22-,23+,24?,25?,26?,27+/m1/s1. The number of hydrogen-bond donors (Lipinski definition) is 1. The predicted molar refractivity (Wildman–Crippen MR) is 127 cm³/mol. The Morgan fingerprint density at radius 1 is 0.886 bits per heavy atom. The van der Waals surface area contributed by atoms with Crippen LogP contribution in [0.3, 0.4) is 0 Å². The Morgan fingerprint density at radius 2 is 1.66 bits per heavy atom. The Labute approximate surface area is 208 Å². The molecule has 1 aromatic carbocycles. The lowest BCUT2D eigenvalue weighted by molar-refractivity contribution is -0.228. The third-order valence-corrected chi connectivity index (χ3v) is 7.41. The summed E-state index contributed by atoms with van der Waals surface area (Å²) in [6.45, 7) is 2.20. The highest BCUT2D eigenvalue weighted by Gasteiger charge is 2.49. The lowest BCUT2D eigenvalue weighted by Crippen LogP contribution is -2.42. The fourth-order valence-electron chi connectivity index (χ4n) is 5.60. The number of hydrogen-bond acceptors (Lipinski definition) is 8.